The Kier molecular flexibility index (Phi) is 7.94. The van der Waals surface area contributed by atoms with Gasteiger partial charge in [-0.3, -0.25) is 0 Å². The molecular weight excluding hydrogens is 303 g/mol. The van der Waals surface area contributed by atoms with Crippen LogP contribution in [0.15, 0.2) is 18.2 Å². The Morgan fingerprint density at radius 1 is 1.17 bits per heavy atom. The number of ether oxygens (including phenoxy) is 1. The van der Waals surface area contributed by atoms with E-state index >= 15 is 0 Å². The zero-order valence-corrected chi connectivity index (χ0v) is 13.7. The molecule has 1 rings (SSSR count). The highest BCUT2D eigenvalue weighted by Gasteiger charge is 2.34. The van der Waals surface area contributed by atoms with Gasteiger partial charge in [0.1, 0.15) is 5.75 Å². The molecule has 1 aromatic carbocycles. The van der Waals surface area contributed by atoms with Gasteiger partial charge in [0.2, 0.25) is 0 Å². The molecule has 0 aliphatic rings. The molecular formula is C18H24F3NO. The number of halogens is 3. The van der Waals surface area contributed by atoms with Crippen molar-refractivity contribution in [1.82, 2.24) is 0 Å². The minimum atomic E-state index is -4.45. The van der Waals surface area contributed by atoms with Gasteiger partial charge in [-0.25, -0.2) is 0 Å². The predicted octanol–water partition coefficient (Wildman–Crippen LogP) is 5.76. The van der Waals surface area contributed by atoms with Crippen LogP contribution >= 0.6 is 0 Å². The van der Waals surface area contributed by atoms with E-state index < -0.39 is 11.7 Å². The molecule has 5 heteroatoms. The highest BCUT2D eigenvalue weighted by atomic mass is 19.4. The molecule has 1 atom stereocenters. The van der Waals surface area contributed by atoms with E-state index in [1.165, 1.54) is 6.07 Å². The Balaban J connectivity index is 2.72. The summed E-state index contributed by atoms with van der Waals surface area (Å²) in [5.74, 6) is -0.442. The third-order valence-corrected chi connectivity index (χ3v) is 3.62. The van der Waals surface area contributed by atoms with Gasteiger partial charge in [0.15, 0.2) is 0 Å². The second-order valence-corrected chi connectivity index (χ2v) is 5.83. The Morgan fingerprint density at radius 2 is 1.87 bits per heavy atom. The summed E-state index contributed by atoms with van der Waals surface area (Å²) in [5, 5.41) is 8.79. The predicted molar refractivity (Wildman–Crippen MR) is 84.2 cm³/mol. The van der Waals surface area contributed by atoms with Gasteiger partial charge in [-0.05, 0) is 37.5 Å². The first-order chi connectivity index (χ1) is 10.9. The van der Waals surface area contributed by atoms with Crippen molar-refractivity contribution >= 4 is 0 Å². The number of rotatable bonds is 9. The topological polar surface area (TPSA) is 33.0 Å². The molecule has 0 aromatic heterocycles. The number of alkyl halides is 3. The second-order valence-electron chi connectivity index (χ2n) is 5.83. The van der Waals surface area contributed by atoms with Crippen LogP contribution in [0.5, 0.6) is 5.75 Å². The van der Waals surface area contributed by atoms with Crippen molar-refractivity contribution in [1.29, 1.82) is 5.26 Å². The second kappa shape index (κ2) is 9.44. The standard InChI is InChI=1S/C18H24F3NO/c1-3-4-5-6-7-10-23-17-9-8-15(11-14(2)13-22)12-16(17)18(19,20)21/h8-9,12,14H,3-7,10-11H2,1-2H3. The molecule has 0 amide bonds. The van der Waals surface area contributed by atoms with E-state index in [4.69, 9.17) is 10.00 Å². The zero-order chi connectivity index (χ0) is 17.3. The number of benzene rings is 1. The maximum atomic E-state index is 13.2. The van der Waals surface area contributed by atoms with Gasteiger partial charge in [0.25, 0.3) is 0 Å². The van der Waals surface area contributed by atoms with Crippen LogP contribution in [0.2, 0.25) is 0 Å². The molecule has 0 bridgehead atoms. The smallest absolute Gasteiger partial charge is 0.419 e. The lowest BCUT2D eigenvalue weighted by Crippen LogP contribution is -2.11. The summed E-state index contributed by atoms with van der Waals surface area (Å²) < 4.78 is 44.9. The molecule has 1 aromatic rings. The van der Waals surface area contributed by atoms with Crippen LogP contribution in [0.4, 0.5) is 13.2 Å². The minimum Gasteiger partial charge on any atom is -0.493 e. The number of nitrogens with zero attached hydrogens (tertiary/aromatic N) is 1. The fourth-order valence-corrected chi connectivity index (χ4v) is 2.34. The molecule has 0 saturated heterocycles. The minimum absolute atomic E-state index is 0.124. The first-order valence-corrected chi connectivity index (χ1v) is 8.11. The summed E-state index contributed by atoms with van der Waals surface area (Å²) in [6, 6.07) is 6.11. The molecule has 0 N–H and O–H groups in total. The van der Waals surface area contributed by atoms with Crippen LogP contribution in [-0.4, -0.2) is 6.61 Å². The van der Waals surface area contributed by atoms with Crippen molar-refractivity contribution < 1.29 is 17.9 Å². The number of hydrogen-bond acceptors (Lipinski definition) is 2. The quantitative estimate of drug-likeness (QED) is 0.540. The van der Waals surface area contributed by atoms with E-state index in [1.807, 2.05) is 6.07 Å². The summed E-state index contributed by atoms with van der Waals surface area (Å²) in [7, 11) is 0. The monoisotopic (exact) mass is 327 g/mol. The van der Waals surface area contributed by atoms with Crippen molar-refractivity contribution in [2.45, 2.75) is 58.5 Å². The van der Waals surface area contributed by atoms with Crippen LogP contribution in [0, 0.1) is 17.2 Å². The fourth-order valence-electron chi connectivity index (χ4n) is 2.34. The van der Waals surface area contributed by atoms with Gasteiger partial charge in [-0.1, -0.05) is 38.7 Å². The van der Waals surface area contributed by atoms with E-state index in [0.29, 0.717) is 18.6 Å². The molecule has 0 fully saturated rings. The van der Waals surface area contributed by atoms with Crippen LogP contribution in [0.1, 0.15) is 57.1 Å². The van der Waals surface area contributed by atoms with Crippen LogP contribution in [0.25, 0.3) is 0 Å². The Labute approximate surface area is 136 Å². The number of hydrogen-bond donors (Lipinski definition) is 0. The van der Waals surface area contributed by atoms with Gasteiger partial charge >= 0.3 is 6.18 Å². The maximum Gasteiger partial charge on any atom is 0.419 e. The molecule has 0 aliphatic heterocycles. The average Bonchev–Trinajstić information content (AvgIpc) is 2.50. The number of nitriles is 1. The molecule has 0 heterocycles. The van der Waals surface area contributed by atoms with Crippen LogP contribution in [0.3, 0.4) is 0 Å². The fraction of sp³-hybridized carbons (Fsp3) is 0.611. The highest BCUT2D eigenvalue weighted by Crippen LogP contribution is 2.37. The normalized spacial score (nSPS) is 12.7. The Morgan fingerprint density at radius 3 is 2.48 bits per heavy atom. The van der Waals surface area contributed by atoms with Crippen molar-refractivity contribution in [3.05, 3.63) is 29.3 Å². The zero-order valence-electron chi connectivity index (χ0n) is 13.7. The lowest BCUT2D eigenvalue weighted by molar-refractivity contribution is -0.139. The highest BCUT2D eigenvalue weighted by molar-refractivity contribution is 5.39. The van der Waals surface area contributed by atoms with E-state index in [-0.39, 0.29) is 11.7 Å². The maximum absolute atomic E-state index is 13.2. The third-order valence-electron chi connectivity index (χ3n) is 3.62. The van der Waals surface area contributed by atoms with E-state index in [9.17, 15) is 13.2 Å². The van der Waals surface area contributed by atoms with Crippen LogP contribution < -0.4 is 4.74 Å². The Hall–Kier alpha value is -1.70. The first kappa shape index (κ1) is 19.3. The molecule has 128 valence electrons. The van der Waals surface area contributed by atoms with E-state index in [2.05, 4.69) is 6.92 Å². The lowest BCUT2D eigenvalue weighted by Gasteiger charge is -2.16. The molecule has 0 spiro atoms. The Bertz CT molecular complexity index is 520. The SMILES string of the molecule is CCCCCCCOc1ccc(CC(C)C#N)cc1C(F)(F)F. The van der Waals surface area contributed by atoms with Crippen molar-refractivity contribution in [2.24, 2.45) is 5.92 Å². The number of unbranched alkanes of at least 4 members (excludes halogenated alkanes) is 4. The molecule has 23 heavy (non-hydrogen) atoms. The van der Waals surface area contributed by atoms with Gasteiger partial charge in [0, 0.05) is 5.92 Å². The first-order valence-electron chi connectivity index (χ1n) is 8.11. The molecule has 0 radical (unpaired) electrons. The molecule has 1 unspecified atom stereocenters. The van der Waals surface area contributed by atoms with Gasteiger partial charge in [-0.15, -0.1) is 0 Å². The third kappa shape index (κ3) is 6.94. The average molecular weight is 327 g/mol. The molecule has 2 nitrogen and oxygen atoms in total. The van der Waals surface area contributed by atoms with Gasteiger partial charge in [0.05, 0.1) is 18.2 Å². The summed E-state index contributed by atoms with van der Waals surface area (Å²) in [4.78, 5) is 0. The van der Waals surface area contributed by atoms with Crippen LogP contribution in [-0.2, 0) is 12.6 Å². The largest absolute Gasteiger partial charge is 0.493 e. The molecule has 0 aliphatic carbocycles. The van der Waals surface area contributed by atoms with E-state index in [1.54, 1.807) is 13.0 Å². The summed E-state index contributed by atoms with van der Waals surface area (Å²) >= 11 is 0. The lowest BCUT2D eigenvalue weighted by atomic mass is 10.00. The summed E-state index contributed by atoms with van der Waals surface area (Å²) in [6.45, 7) is 4.09. The summed E-state index contributed by atoms with van der Waals surface area (Å²) in [5.41, 5.74) is -0.254. The summed E-state index contributed by atoms with van der Waals surface area (Å²) in [6.07, 6.45) is 0.913. The van der Waals surface area contributed by atoms with Gasteiger partial charge in [-0.2, -0.15) is 18.4 Å². The van der Waals surface area contributed by atoms with Crippen molar-refractivity contribution in [2.75, 3.05) is 6.61 Å². The van der Waals surface area contributed by atoms with Crippen molar-refractivity contribution in [3.63, 3.8) is 0 Å². The van der Waals surface area contributed by atoms with Crippen molar-refractivity contribution in [3.8, 4) is 11.8 Å². The van der Waals surface area contributed by atoms with E-state index in [0.717, 1.165) is 38.2 Å². The van der Waals surface area contributed by atoms with Gasteiger partial charge < -0.3 is 4.74 Å². The molecule has 0 saturated carbocycles.